The summed E-state index contributed by atoms with van der Waals surface area (Å²) in [5, 5.41) is 9.70. The number of rotatable bonds is 5. The first-order valence-corrected chi connectivity index (χ1v) is 10.1. The van der Waals surface area contributed by atoms with Gasteiger partial charge >= 0.3 is 12.3 Å². The van der Waals surface area contributed by atoms with Gasteiger partial charge in [0.2, 0.25) is 0 Å². The molecule has 1 amide bonds. The van der Waals surface area contributed by atoms with Crippen molar-refractivity contribution in [1.29, 1.82) is 0 Å². The van der Waals surface area contributed by atoms with Gasteiger partial charge in [-0.3, -0.25) is 4.90 Å². The molecule has 0 radical (unpaired) electrons. The van der Waals surface area contributed by atoms with E-state index < -0.39 is 29.7 Å². The maximum atomic E-state index is 13.9. The van der Waals surface area contributed by atoms with Gasteiger partial charge in [-0.2, -0.15) is 13.2 Å². The molecule has 1 aliphatic carbocycles. The summed E-state index contributed by atoms with van der Waals surface area (Å²) in [5.41, 5.74) is 0.853. The van der Waals surface area contributed by atoms with Crippen LogP contribution in [0.5, 0.6) is 0 Å². The van der Waals surface area contributed by atoms with Crippen molar-refractivity contribution in [2.45, 2.75) is 63.7 Å². The molecule has 0 spiro atoms. The molecule has 1 atom stereocenters. The molecule has 162 valence electrons. The number of halogens is 4. The highest BCUT2D eigenvalue weighted by molar-refractivity contribution is 5.66. The maximum Gasteiger partial charge on any atom is 0.419 e. The Morgan fingerprint density at radius 1 is 1.27 bits per heavy atom. The van der Waals surface area contributed by atoms with E-state index in [1.165, 1.54) is 11.0 Å². The summed E-state index contributed by atoms with van der Waals surface area (Å²) in [5.74, 6) is 0.122. The highest BCUT2D eigenvalue weighted by atomic mass is 19.4. The van der Waals surface area contributed by atoms with Crippen LogP contribution in [0.2, 0.25) is 0 Å². The highest BCUT2D eigenvalue weighted by Gasteiger charge is 2.39. The summed E-state index contributed by atoms with van der Waals surface area (Å²) in [7, 11) is 0. The minimum atomic E-state index is -4.74. The predicted octanol–water partition coefficient (Wildman–Crippen LogP) is 5.15. The molecule has 2 aliphatic rings. The molecule has 4 rings (SSSR count). The summed E-state index contributed by atoms with van der Waals surface area (Å²) in [6, 6.07) is 2.43. The lowest BCUT2D eigenvalue weighted by molar-refractivity contribution is -0.140. The molecule has 0 bridgehead atoms. The van der Waals surface area contributed by atoms with Crippen LogP contribution >= 0.6 is 0 Å². The maximum absolute atomic E-state index is 13.9. The van der Waals surface area contributed by atoms with E-state index in [0.717, 1.165) is 42.2 Å². The Morgan fingerprint density at radius 3 is 2.57 bits per heavy atom. The number of amides is 1. The van der Waals surface area contributed by atoms with E-state index in [1.807, 2.05) is 6.92 Å². The second-order valence-electron chi connectivity index (χ2n) is 7.92. The van der Waals surface area contributed by atoms with Crippen molar-refractivity contribution in [1.82, 2.24) is 14.5 Å². The lowest BCUT2D eigenvalue weighted by atomic mass is 9.97. The first-order valence-electron chi connectivity index (χ1n) is 10.1. The van der Waals surface area contributed by atoms with Crippen molar-refractivity contribution in [3.05, 3.63) is 52.4 Å². The fraction of sp³-hybridized carbons (Fsp3) is 0.524. The summed E-state index contributed by atoms with van der Waals surface area (Å²) < 4.78 is 54.5. The molecule has 2 aromatic rings. The first kappa shape index (κ1) is 20.7. The monoisotopic (exact) mass is 425 g/mol. The van der Waals surface area contributed by atoms with E-state index in [2.05, 4.69) is 4.57 Å². The van der Waals surface area contributed by atoms with Gasteiger partial charge in [0.1, 0.15) is 11.6 Å². The molecule has 0 saturated heterocycles. The van der Waals surface area contributed by atoms with E-state index in [9.17, 15) is 27.5 Å². The van der Waals surface area contributed by atoms with Crippen LogP contribution in [-0.4, -0.2) is 32.2 Å². The van der Waals surface area contributed by atoms with Gasteiger partial charge in [0.25, 0.3) is 0 Å². The van der Waals surface area contributed by atoms with Gasteiger partial charge in [0.15, 0.2) is 0 Å². The molecule has 1 aromatic heterocycles. The van der Waals surface area contributed by atoms with Crippen LogP contribution < -0.4 is 0 Å². The molecule has 1 aliphatic heterocycles. The Hall–Kier alpha value is -2.58. The second-order valence-corrected chi connectivity index (χ2v) is 7.92. The lowest BCUT2D eigenvalue weighted by Gasteiger charge is -2.36. The predicted molar refractivity (Wildman–Crippen MR) is 101 cm³/mol. The molecule has 5 nitrogen and oxygen atoms in total. The van der Waals surface area contributed by atoms with Crippen LogP contribution in [0.25, 0.3) is 0 Å². The van der Waals surface area contributed by atoms with E-state index >= 15 is 0 Å². The summed E-state index contributed by atoms with van der Waals surface area (Å²) in [6.45, 7) is 2.85. The topological polar surface area (TPSA) is 58.4 Å². The third-order valence-corrected chi connectivity index (χ3v) is 5.94. The molecule has 30 heavy (non-hydrogen) atoms. The van der Waals surface area contributed by atoms with Crippen LogP contribution in [-0.2, 0) is 25.6 Å². The van der Waals surface area contributed by atoms with Gasteiger partial charge in [0, 0.05) is 19.0 Å². The molecule has 2 heterocycles. The van der Waals surface area contributed by atoms with Crippen molar-refractivity contribution in [2.24, 2.45) is 0 Å². The molecule has 1 unspecified atom stereocenters. The van der Waals surface area contributed by atoms with Gasteiger partial charge in [-0.1, -0.05) is 13.0 Å². The second kappa shape index (κ2) is 7.59. The third-order valence-electron chi connectivity index (χ3n) is 5.94. The van der Waals surface area contributed by atoms with Crippen molar-refractivity contribution >= 4 is 6.09 Å². The number of hydrogen-bond donors (Lipinski definition) is 1. The lowest BCUT2D eigenvalue weighted by Crippen LogP contribution is -2.42. The van der Waals surface area contributed by atoms with E-state index in [-0.39, 0.29) is 6.42 Å². The number of carbonyl (C=O) groups is 1. The number of nitrogens with zero attached hydrogens (tertiary/aromatic N) is 3. The van der Waals surface area contributed by atoms with Crippen LogP contribution in [0.1, 0.15) is 66.5 Å². The molecule has 1 fully saturated rings. The minimum Gasteiger partial charge on any atom is -0.465 e. The van der Waals surface area contributed by atoms with E-state index in [1.54, 1.807) is 0 Å². The zero-order chi connectivity index (χ0) is 21.6. The van der Waals surface area contributed by atoms with Crippen LogP contribution in [0, 0.1) is 5.82 Å². The van der Waals surface area contributed by atoms with Crippen molar-refractivity contribution < 1.29 is 27.5 Å². The van der Waals surface area contributed by atoms with Crippen molar-refractivity contribution in [3.8, 4) is 0 Å². The van der Waals surface area contributed by atoms with E-state index in [4.69, 9.17) is 4.98 Å². The molecular formula is C21H23F4N3O2. The number of fused-ring (bicyclic) bond motifs is 1. The normalized spacial score (nSPS) is 19.1. The fourth-order valence-electron chi connectivity index (χ4n) is 4.34. The zero-order valence-corrected chi connectivity index (χ0v) is 16.5. The van der Waals surface area contributed by atoms with Gasteiger partial charge in [0.05, 0.1) is 23.0 Å². The average molecular weight is 425 g/mol. The number of aryl methyl sites for hydroxylation is 2. The molecule has 9 heteroatoms. The van der Waals surface area contributed by atoms with Gasteiger partial charge < -0.3 is 9.67 Å². The standard InChI is InChI=1S/C21H23F4N3O2/c1-2-16-18-17(8-4-12-3-7-14(15(22)11-12)21(23,24)25)27(20(29)30)9-10-28(18)19(26-16)13-5-6-13/h3,7,11,13,17H,2,4-6,8-10H2,1H3,(H,29,30). The fourth-order valence-corrected chi connectivity index (χ4v) is 4.34. The Morgan fingerprint density at radius 2 is 2.00 bits per heavy atom. The van der Waals surface area contributed by atoms with Gasteiger partial charge in [-0.25, -0.2) is 14.2 Å². The van der Waals surface area contributed by atoms with Crippen LogP contribution in [0.15, 0.2) is 18.2 Å². The molecule has 1 aromatic carbocycles. The Kier molecular flexibility index (Phi) is 5.23. The average Bonchev–Trinajstić information content (AvgIpc) is 3.45. The summed E-state index contributed by atoms with van der Waals surface area (Å²) >= 11 is 0. The van der Waals surface area contributed by atoms with Crippen LogP contribution in [0.3, 0.4) is 0 Å². The Labute approximate surface area is 171 Å². The zero-order valence-electron chi connectivity index (χ0n) is 16.5. The minimum absolute atomic E-state index is 0.261. The van der Waals surface area contributed by atoms with Gasteiger partial charge in [-0.05, 0) is 49.8 Å². The van der Waals surface area contributed by atoms with Gasteiger partial charge in [-0.15, -0.1) is 0 Å². The van der Waals surface area contributed by atoms with E-state index in [0.29, 0.717) is 37.4 Å². The Bertz CT molecular complexity index is 966. The summed E-state index contributed by atoms with van der Waals surface area (Å²) in [4.78, 5) is 18.0. The Balaban J connectivity index is 1.62. The number of imidazole rings is 1. The summed E-state index contributed by atoms with van der Waals surface area (Å²) in [6.07, 6.45) is -2.35. The molecule has 1 N–H and O–H groups in total. The quantitative estimate of drug-likeness (QED) is 0.674. The molecule has 1 saturated carbocycles. The van der Waals surface area contributed by atoms with Crippen molar-refractivity contribution in [2.75, 3.05) is 6.54 Å². The largest absolute Gasteiger partial charge is 0.465 e. The number of aromatic nitrogens is 2. The number of carboxylic acid groups (broad SMARTS) is 1. The SMILES string of the molecule is CCc1nc(C2CC2)n2c1C(CCc1ccc(C(F)(F)F)c(F)c1)N(C(=O)O)CC2. The first-order chi connectivity index (χ1) is 14.2. The van der Waals surface area contributed by atoms with Crippen molar-refractivity contribution in [3.63, 3.8) is 0 Å². The number of alkyl halides is 3. The number of hydrogen-bond acceptors (Lipinski definition) is 2. The highest BCUT2D eigenvalue weighted by Crippen LogP contribution is 2.43. The third kappa shape index (κ3) is 3.77. The smallest absolute Gasteiger partial charge is 0.419 e. The molecular weight excluding hydrogens is 402 g/mol. The van der Waals surface area contributed by atoms with Crippen LogP contribution in [0.4, 0.5) is 22.4 Å². The number of benzene rings is 1.